The summed E-state index contributed by atoms with van der Waals surface area (Å²) < 4.78 is 25.9. The van der Waals surface area contributed by atoms with Crippen molar-refractivity contribution >= 4 is 26.5 Å². The van der Waals surface area contributed by atoms with E-state index in [4.69, 9.17) is 0 Å². The summed E-state index contributed by atoms with van der Waals surface area (Å²) in [4.78, 5) is 0. The van der Waals surface area contributed by atoms with E-state index in [1.165, 1.54) is 4.31 Å². The van der Waals surface area contributed by atoms with Gasteiger partial charge in [-0.3, -0.25) is 4.31 Å². The third-order valence-corrected chi connectivity index (χ3v) is 5.23. The quantitative estimate of drug-likeness (QED) is 0.859. The molecule has 2 aromatic rings. The van der Waals surface area contributed by atoms with Gasteiger partial charge in [-0.05, 0) is 37.8 Å². The van der Waals surface area contributed by atoms with Gasteiger partial charge in [0.1, 0.15) is 0 Å². The number of anilines is 1. The summed E-state index contributed by atoms with van der Waals surface area (Å²) >= 11 is 0. The van der Waals surface area contributed by atoms with Crippen LogP contribution in [-0.2, 0) is 10.0 Å². The fraction of sp³-hybridized carbons (Fsp3) is 0.333. The van der Waals surface area contributed by atoms with Gasteiger partial charge in [0.05, 0.1) is 11.4 Å². The molecule has 2 rings (SSSR count). The molecule has 0 amide bonds. The highest BCUT2D eigenvalue weighted by Gasteiger charge is 2.20. The summed E-state index contributed by atoms with van der Waals surface area (Å²) in [5.41, 5.74) is 1.93. The van der Waals surface area contributed by atoms with Gasteiger partial charge in [0, 0.05) is 11.9 Å². The standard InChI is InChI=1S/C15H19NO2S/c1-4-16(19(17,18)5-2)15-11-10-12(3)13-8-6-7-9-14(13)15/h6-11H,4-5H2,1-3H3. The number of benzene rings is 2. The molecule has 3 nitrogen and oxygen atoms in total. The van der Waals surface area contributed by atoms with E-state index in [1.807, 2.05) is 50.2 Å². The van der Waals surface area contributed by atoms with Crippen LogP contribution in [0.2, 0.25) is 0 Å². The van der Waals surface area contributed by atoms with Gasteiger partial charge in [0.15, 0.2) is 0 Å². The maximum atomic E-state index is 12.2. The molecule has 0 N–H and O–H groups in total. The van der Waals surface area contributed by atoms with Gasteiger partial charge in [-0.2, -0.15) is 0 Å². The van der Waals surface area contributed by atoms with Crippen molar-refractivity contribution in [2.24, 2.45) is 0 Å². The summed E-state index contributed by atoms with van der Waals surface area (Å²) in [5.74, 6) is 0.114. The lowest BCUT2D eigenvalue weighted by molar-refractivity contribution is 0.593. The highest BCUT2D eigenvalue weighted by molar-refractivity contribution is 7.92. The van der Waals surface area contributed by atoms with E-state index in [1.54, 1.807) is 6.92 Å². The van der Waals surface area contributed by atoms with Crippen LogP contribution in [0.3, 0.4) is 0 Å². The third-order valence-electron chi connectivity index (χ3n) is 3.38. The molecule has 19 heavy (non-hydrogen) atoms. The lowest BCUT2D eigenvalue weighted by Crippen LogP contribution is -2.32. The Morgan fingerprint density at radius 2 is 1.63 bits per heavy atom. The summed E-state index contributed by atoms with van der Waals surface area (Å²) in [6.45, 7) is 6.02. The molecule has 4 heteroatoms. The van der Waals surface area contributed by atoms with Crippen LogP contribution in [0.5, 0.6) is 0 Å². The summed E-state index contributed by atoms with van der Waals surface area (Å²) in [6, 6.07) is 11.8. The molecule has 0 aliphatic rings. The van der Waals surface area contributed by atoms with E-state index < -0.39 is 10.0 Å². The second-order valence-corrected chi connectivity index (χ2v) is 6.69. The molecule has 0 aliphatic heterocycles. The van der Waals surface area contributed by atoms with E-state index >= 15 is 0 Å². The molecule has 0 saturated carbocycles. The van der Waals surface area contributed by atoms with Gasteiger partial charge >= 0.3 is 0 Å². The van der Waals surface area contributed by atoms with Crippen LogP contribution in [0.15, 0.2) is 36.4 Å². The van der Waals surface area contributed by atoms with Crippen LogP contribution in [0.4, 0.5) is 5.69 Å². The van der Waals surface area contributed by atoms with Crippen molar-refractivity contribution in [2.75, 3.05) is 16.6 Å². The lowest BCUT2D eigenvalue weighted by atomic mass is 10.0. The van der Waals surface area contributed by atoms with Gasteiger partial charge in [0.25, 0.3) is 0 Å². The molecule has 102 valence electrons. The largest absolute Gasteiger partial charge is 0.270 e. The minimum Gasteiger partial charge on any atom is -0.270 e. The molecule has 0 aromatic heterocycles. The van der Waals surface area contributed by atoms with Gasteiger partial charge < -0.3 is 0 Å². The maximum absolute atomic E-state index is 12.2. The van der Waals surface area contributed by atoms with Crippen molar-refractivity contribution < 1.29 is 8.42 Å². The van der Waals surface area contributed by atoms with Crippen LogP contribution in [0.1, 0.15) is 19.4 Å². The molecule has 0 atom stereocenters. The monoisotopic (exact) mass is 277 g/mol. The number of rotatable bonds is 4. The summed E-state index contributed by atoms with van der Waals surface area (Å²) in [6.07, 6.45) is 0. The van der Waals surface area contributed by atoms with Gasteiger partial charge in [-0.1, -0.05) is 30.3 Å². The molecule has 0 radical (unpaired) electrons. The fourth-order valence-corrected chi connectivity index (χ4v) is 3.49. The Morgan fingerprint density at radius 3 is 2.21 bits per heavy atom. The average Bonchev–Trinajstić information content (AvgIpc) is 2.42. The van der Waals surface area contributed by atoms with Crippen molar-refractivity contribution in [3.8, 4) is 0 Å². The Balaban J connectivity index is 2.72. The van der Waals surface area contributed by atoms with Gasteiger partial charge in [-0.25, -0.2) is 8.42 Å². The molecule has 2 aromatic carbocycles. The Bertz CT molecular complexity index is 692. The zero-order chi connectivity index (χ0) is 14.0. The zero-order valence-corrected chi connectivity index (χ0v) is 12.4. The van der Waals surface area contributed by atoms with Crippen molar-refractivity contribution in [3.63, 3.8) is 0 Å². The second kappa shape index (κ2) is 5.21. The Morgan fingerprint density at radius 1 is 1.00 bits per heavy atom. The average molecular weight is 277 g/mol. The Kier molecular flexibility index (Phi) is 3.80. The fourth-order valence-electron chi connectivity index (χ4n) is 2.32. The molecule has 0 saturated heterocycles. The predicted octanol–water partition coefficient (Wildman–Crippen LogP) is 3.32. The number of hydrogen-bond donors (Lipinski definition) is 0. The maximum Gasteiger partial charge on any atom is 0.234 e. The van der Waals surface area contributed by atoms with Crippen LogP contribution >= 0.6 is 0 Å². The van der Waals surface area contributed by atoms with Crippen LogP contribution in [-0.4, -0.2) is 20.7 Å². The first-order valence-electron chi connectivity index (χ1n) is 6.50. The van der Waals surface area contributed by atoms with Crippen molar-refractivity contribution in [2.45, 2.75) is 20.8 Å². The van der Waals surface area contributed by atoms with Crippen molar-refractivity contribution in [1.29, 1.82) is 0 Å². The number of hydrogen-bond acceptors (Lipinski definition) is 2. The zero-order valence-electron chi connectivity index (χ0n) is 11.6. The number of fused-ring (bicyclic) bond motifs is 1. The molecule has 0 aliphatic carbocycles. The molecule has 0 spiro atoms. The van der Waals surface area contributed by atoms with Crippen LogP contribution in [0, 0.1) is 6.92 Å². The highest BCUT2D eigenvalue weighted by atomic mass is 32.2. The Labute approximate surface area is 114 Å². The van der Waals surface area contributed by atoms with Crippen LogP contribution in [0.25, 0.3) is 10.8 Å². The smallest absolute Gasteiger partial charge is 0.234 e. The van der Waals surface area contributed by atoms with E-state index in [0.717, 1.165) is 22.0 Å². The van der Waals surface area contributed by atoms with Crippen molar-refractivity contribution in [3.05, 3.63) is 42.0 Å². The first kappa shape index (κ1) is 13.9. The molecule has 0 fully saturated rings. The van der Waals surface area contributed by atoms with Crippen molar-refractivity contribution in [1.82, 2.24) is 0 Å². The van der Waals surface area contributed by atoms with Gasteiger partial charge in [-0.15, -0.1) is 0 Å². The number of aryl methyl sites for hydroxylation is 1. The molecule has 0 unspecified atom stereocenters. The summed E-state index contributed by atoms with van der Waals surface area (Å²) in [5, 5.41) is 2.09. The summed E-state index contributed by atoms with van der Waals surface area (Å²) in [7, 11) is -3.23. The van der Waals surface area contributed by atoms with E-state index in [2.05, 4.69) is 0 Å². The Hall–Kier alpha value is -1.55. The first-order valence-corrected chi connectivity index (χ1v) is 8.11. The third kappa shape index (κ3) is 2.45. The topological polar surface area (TPSA) is 37.4 Å². The minimum atomic E-state index is -3.23. The van der Waals surface area contributed by atoms with Gasteiger partial charge in [0.2, 0.25) is 10.0 Å². The molecule has 0 bridgehead atoms. The van der Waals surface area contributed by atoms with Crippen LogP contribution < -0.4 is 4.31 Å². The van der Waals surface area contributed by atoms with E-state index in [9.17, 15) is 8.42 Å². The molecular weight excluding hydrogens is 258 g/mol. The number of sulfonamides is 1. The number of nitrogens with zero attached hydrogens (tertiary/aromatic N) is 1. The van der Waals surface area contributed by atoms with E-state index in [0.29, 0.717) is 6.54 Å². The second-order valence-electron chi connectivity index (χ2n) is 4.51. The van der Waals surface area contributed by atoms with E-state index in [-0.39, 0.29) is 5.75 Å². The normalized spacial score (nSPS) is 11.7. The highest BCUT2D eigenvalue weighted by Crippen LogP contribution is 2.30. The predicted molar refractivity (Wildman–Crippen MR) is 81.2 cm³/mol. The minimum absolute atomic E-state index is 0.114. The lowest BCUT2D eigenvalue weighted by Gasteiger charge is -2.24. The molecule has 0 heterocycles. The first-order chi connectivity index (χ1) is 9.01. The molecular formula is C15H19NO2S. The SMILES string of the molecule is CCN(c1ccc(C)c2ccccc12)S(=O)(=O)CC.